The first-order valence-corrected chi connectivity index (χ1v) is 4.62. The molecule has 1 heterocycles. The lowest BCUT2D eigenvalue weighted by molar-refractivity contribution is -0.143. The van der Waals surface area contributed by atoms with Gasteiger partial charge in [-0.05, 0) is 24.5 Å². The SMILES string of the molecule is Cc1cccc2c1OC[C@H](C(=O)O)C2. The number of hydrogen-bond acceptors (Lipinski definition) is 2. The summed E-state index contributed by atoms with van der Waals surface area (Å²) in [6, 6.07) is 5.83. The van der Waals surface area contributed by atoms with Crippen molar-refractivity contribution in [3.8, 4) is 5.75 Å². The van der Waals surface area contributed by atoms with Crippen LogP contribution in [0.15, 0.2) is 18.2 Å². The molecule has 2 rings (SSSR count). The largest absolute Gasteiger partial charge is 0.492 e. The van der Waals surface area contributed by atoms with E-state index in [0.29, 0.717) is 6.42 Å². The van der Waals surface area contributed by atoms with Crippen molar-refractivity contribution in [3.63, 3.8) is 0 Å². The van der Waals surface area contributed by atoms with Gasteiger partial charge in [0.2, 0.25) is 0 Å². The Morgan fingerprint density at radius 2 is 2.36 bits per heavy atom. The van der Waals surface area contributed by atoms with Crippen LogP contribution in [-0.2, 0) is 11.2 Å². The topological polar surface area (TPSA) is 46.5 Å². The molecule has 0 unspecified atom stereocenters. The van der Waals surface area contributed by atoms with Crippen LogP contribution in [-0.4, -0.2) is 17.7 Å². The molecule has 0 amide bonds. The second kappa shape index (κ2) is 3.33. The standard InChI is InChI=1S/C11H12O3/c1-7-3-2-4-8-5-9(11(12)13)6-14-10(7)8/h2-4,9H,5-6H2,1H3,(H,12,13)/t9-/m1/s1. The molecule has 0 fully saturated rings. The summed E-state index contributed by atoms with van der Waals surface area (Å²) >= 11 is 0. The predicted octanol–water partition coefficient (Wildman–Crippen LogP) is 1.63. The molecule has 0 aliphatic carbocycles. The van der Waals surface area contributed by atoms with Gasteiger partial charge >= 0.3 is 5.97 Å². The number of benzene rings is 1. The van der Waals surface area contributed by atoms with Crippen LogP contribution < -0.4 is 4.74 Å². The third-order valence-electron chi connectivity index (χ3n) is 2.54. The van der Waals surface area contributed by atoms with Crippen molar-refractivity contribution in [1.29, 1.82) is 0 Å². The molecular weight excluding hydrogens is 180 g/mol. The number of carbonyl (C=O) groups is 1. The van der Waals surface area contributed by atoms with E-state index in [1.807, 2.05) is 25.1 Å². The highest BCUT2D eigenvalue weighted by molar-refractivity contribution is 5.71. The molecular formula is C11H12O3. The van der Waals surface area contributed by atoms with Gasteiger partial charge in [0.25, 0.3) is 0 Å². The average molecular weight is 192 g/mol. The van der Waals surface area contributed by atoms with Crippen molar-refractivity contribution in [2.45, 2.75) is 13.3 Å². The molecule has 1 aliphatic heterocycles. The van der Waals surface area contributed by atoms with E-state index in [0.717, 1.165) is 16.9 Å². The molecule has 14 heavy (non-hydrogen) atoms. The number of fused-ring (bicyclic) bond motifs is 1. The second-order valence-corrected chi connectivity index (χ2v) is 3.61. The van der Waals surface area contributed by atoms with Gasteiger partial charge in [0, 0.05) is 0 Å². The molecule has 1 aliphatic rings. The van der Waals surface area contributed by atoms with Crippen LogP contribution in [0.4, 0.5) is 0 Å². The Kier molecular flexibility index (Phi) is 2.15. The van der Waals surface area contributed by atoms with Crippen molar-refractivity contribution < 1.29 is 14.6 Å². The van der Waals surface area contributed by atoms with E-state index < -0.39 is 11.9 Å². The molecule has 1 aromatic rings. The lowest BCUT2D eigenvalue weighted by Crippen LogP contribution is -2.28. The number of hydrogen-bond donors (Lipinski definition) is 1. The molecule has 1 atom stereocenters. The molecule has 0 saturated heterocycles. The molecule has 3 heteroatoms. The zero-order chi connectivity index (χ0) is 10.1. The van der Waals surface area contributed by atoms with E-state index in [4.69, 9.17) is 9.84 Å². The summed E-state index contributed by atoms with van der Waals surface area (Å²) in [4.78, 5) is 10.8. The molecule has 0 aromatic heterocycles. The van der Waals surface area contributed by atoms with Crippen molar-refractivity contribution in [1.82, 2.24) is 0 Å². The van der Waals surface area contributed by atoms with Crippen LogP contribution in [0.1, 0.15) is 11.1 Å². The lowest BCUT2D eigenvalue weighted by Gasteiger charge is -2.23. The van der Waals surface area contributed by atoms with Crippen LogP contribution in [0, 0.1) is 12.8 Å². The Morgan fingerprint density at radius 3 is 3.07 bits per heavy atom. The quantitative estimate of drug-likeness (QED) is 0.735. The van der Waals surface area contributed by atoms with Crippen molar-refractivity contribution in [3.05, 3.63) is 29.3 Å². The molecule has 0 saturated carbocycles. The first kappa shape index (κ1) is 9.06. The Hall–Kier alpha value is -1.51. The molecule has 1 aromatic carbocycles. The highest BCUT2D eigenvalue weighted by atomic mass is 16.5. The van der Waals surface area contributed by atoms with Crippen LogP contribution in [0.2, 0.25) is 0 Å². The van der Waals surface area contributed by atoms with E-state index in [1.54, 1.807) is 0 Å². The summed E-state index contributed by atoms with van der Waals surface area (Å²) < 4.78 is 5.45. The summed E-state index contributed by atoms with van der Waals surface area (Å²) in [5, 5.41) is 8.85. The number of aliphatic carboxylic acids is 1. The van der Waals surface area contributed by atoms with E-state index in [1.165, 1.54) is 0 Å². The summed E-state index contributed by atoms with van der Waals surface area (Å²) in [6.07, 6.45) is 0.576. The van der Waals surface area contributed by atoms with Gasteiger partial charge in [0.15, 0.2) is 0 Å². The number of carboxylic acids is 1. The van der Waals surface area contributed by atoms with Gasteiger partial charge in [-0.25, -0.2) is 0 Å². The van der Waals surface area contributed by atoms with Gasteiger partial charge in [0.1, 0.15) is 12.4 Å². The highest BCUT2D eigenvalue weighted by Gasteiger charge is 2.25. The number of aryl methyl sites for hydroxylation is 1. The number of carboxylic acid groups (broad SMARTS) is 1. The summed E-state index contributed by atoms with van der Waals surface area (Å²) in [7, 11) is 0. The maximum atomic E-state index is 10.8. The monoisotopic (exact) mass is 192 g/mol. The molecule has 0 bridgehead atoms. The third kappa shape index (κ3) is 1.45. The first-order chi connectivity index (χ1) is 6.68. The summed E-state index contributed by atoms with van der Waals surface area (Å²) in [5.41, 5.74) is 2.08. The van der Waals surface area contributed by atoms with Crippen molar-refractivity contribution in [2.24, 2.45) is 5.92 Å². The smallest absolute Gasteiger partial charge is 0.310 e. The summed E-state index contributed by atoms with van der Waals surface area (Å²) in [5.74, 6) is -0.313. The minimum Gasteiger partial charge on any atom is -0.492 e. The zero-order valence-corrected chi connectivity index (χ0v) is 7.99. The Labute approximate surface area is 82.3 Å². The number of rotatable bonds is 1. The van der Waals surface area contributed by atoms with Gasteiger partial charge in [0.05, 0.1) is 5.92 Å². The fourth-order valence-electron chi connectivity index (χ4n) is 1.75. The van der Waals surface area contributed by atoms with Gasteiger partial charge < -0.3 is 9.84 Å². The minimum atomic E-state index is -0.780. The molecule has 0 spiro atoms. The van der Waals surface area contributed by atoms with Crippen LogP contribution in [0.3, 0.4) is 0 Å². The lowest BCUT2D eigenvalue weighted by atomic mass is 9.95. The van der Waals surface area contributed by atoms with E-state index in [9.17, 15) is 4.79 Å². The minimum absolute atomic E-state index is 0.285. The fraction of sp³-hybridized carbons (Fsp3) is 0.364. The Bertz CT molecular complexity index is 371. The maximum absolute atomic E-state index is 10.8. The van der Waals surface area contributed by atoms with Crippen molar-refractivity contribution >= 4 is 5.97 Å². The highest BCUT2D eigenvalue weighted by Crippen LogP contribution is 2.30. The second-order valence-electron chi connectivity index (χ2n) is 3.61. The first-order valence-electron chi connectivity index (χ1n) is 4.62. The van der Waals surface area contributed by atoms with Gasteiger partial charge in [-0.3, -0.25) is 4.79 Å². The normalized spacial score (nSPS) is 19.6. The number of para-hydroxylation sites is 1. The maximum Gasteiger partial charge on any atom is 0.310 e. The van der Waals surface area contributed by atoms with Gasteiger partial charge in [-0.1, -0.05) is 18.2 Å². The van der Waals surface area contributed by atoms with E-state index in [2.05, 4.69) is 0 Å². The van der Waals surface area contributed by atoms with Crippen molar-refractivity contribution in [2.75, 3.05) is 6.61 Å². The zero-order valence-electron chi connectivity index (χ0n) is 7.99. The fourth-order valence-corrected chi connectivity index (χ4v) is 1.75. The molecule has 3 nitrogen and oxygen atoms in total. The third-order valence-corrected chi connectivity index (χ3v) is 2.54. The number of ether oxygens (including phenoxy) is 1. The summed E-state index contributed by atoms with van der Waals surface area (Å²) in [6.45, 7) is 2.26. The Balaban J connectivity index is 2.31. The predicted molar refractivity (Wildman–Crippen MR) is 51.5 cm³/mol. The van der Waals surface area contributed by atoms with E-state index in [-0.39, 0.29) is 6.61 Å². The average Bonchev–Trinajstić information content (AvgIpc) is 2.17. The van der Waals surface area contributed by atoms with Crippen LogP contribution in [0.25, 0.3) is 0 Å². The molecule has 74 valence electrons. The van der Waals surface area contributed by atoms with Crippen LogP contribution in [0.5, 0.6) is 5.75 Å². The Morgan fingerprint density at radius 1 is 1.57 bits per heavy atom. The van der Waals surface area contributed by atoms with Gasteiger partial charge in [-0.2, -0.15) is 0 Å². The molecule has 0 radical (unpaired) electrons. The molecule has 1 N–H and O–H groups in total. The van der Waals surface area contributed by atoms with Gasteiger partial charge in [-0.15, -0.1) is 0 Å². The van der Waals surface area contributed by atoms with Crippen LogP contribution >= 0.6 is 0 Å². The van der Waals surface area contributed by atoms with E-state index >= 15 is 0 Å².